The molecule has 2 heterocycles. The number of nitrogens with zero attached hydrogens (tertiary/aromatic N) is 2. The van der Waals surface area contributed by atoms with Crippen LogP contribution >= 0.6 is 24.3 Å². The highest BCUT2D eigenvalue weighted by molar-refractivity contribution is 7.61. The van der Waals surface area contributed by atoms with Crippen LogP contribution in [0.2, 0.25) is 0 Å². The Hall–Kier alpha value is -1.31. The van der Waals surface area contributed by atoms with Crippen molar-refractivity contribution >= 4 is 30.2 Å². The van der Waals surface area contributed by atoms with Gasteiger partial charge in [0, 0.05) is 23.9 Å². The van der Waals surface area contributed by atoms with Gasteiger partial charge in [0.25, 0.3) is 0 Å². The molecule has 14 nitrogen and oxygen atoms in total. The van der Waals surface area contributed by atoms with Gasteiger partial charge in [0.2, 0.25) is 6.23 Å². The van der Waals surface area contributed by atoms with E-state index >= 15 is 0 Å². The predicted molar refractivity (Wildman–Crippen MR) is 83.2 cm³/mol. The SMILES string of the molecule is Nc1ccn([C@@H]2O[C@H](CO[P+](=O)OP(=O)(O)O[P+](=O)O)[C@@H](O)C2(F)F)c(=O)n1. The number of nitrogen functional groups attached to an aromatic ring is 1. The largest absolute Gasteiger partial charge is 0.708 e. The molecule has 0 aliphatic carbocycles. The van der Waals surface area contributed by atoms with E-state index < -0.39 is 61.0 Å². The van der Waals surface area contributed by atoms with E-state index in [1.807, 2.05) is 0 Å². The van der Waals surface area contributed by atoms with Gasteiger partial charge in [0.05, 0.1) is 0 Å². The number of anilines is 1. The summed E-state index contributed by atoms with van der Waals surface area (Å²) in [5.41, 5.74) is 4.06. The van der Waals surface area contributed by atoms with E-state index in [1.165, 1.54) is 0 Å². The summed E-state index contributed by atoms with van der Waals surface area (Å²) in [4.78, 5) is 32.3. The number of ether oxygens (including phenoxy) is 1. The van der Waals surface area contributed by atoms with Crippen LogP contribution in [0, 0.1) is 0 Å². The molecule has 0 amide bonds. The molecule has 156 valence electrons. The fourth-order valence-corrected chi connectivity index (χ4v) is 4.28. The smallest absolute Gasteiger partial charge is 0.384 e. The highest BCUT2D eigenvalue weighted by atomic mass is 31.3. The molecule has 3 unspecified atom stereocenters. The lowest BCUT2D eigenvalue weighted by molar-refractivity contribution is -0.140. The summed E-state index contributed by atoms with van der Waals surface area (Å²) in [6.45, 7) is -1.04. The van der Waals surface area contributed by atoms with E-state index in [0.717, 1.165) is 12.3 Å². The average molecular weight is 469 g/mol. The fourth-order valence-electron chi connectivity index (χ4n) is 2.06. The first-order valence-corrected chi connectivity index (χ1v) is 10.6. The molecule has 0 aromatic carbocycles. The third kappa shape index (κ3) is 5.39. The maximum absolute atomic E-state index is 14.2. The molecule has 1 fully saturated rings. The summed E-state index contributed by atoms with van der Waals surface area (Å²) in [6.07, 6.45) is -5.82. The van der Waals surface area contributed by atoms with Crippen molar-refractivity contribution in [1.29, 1.82) is 0 Å². The summed E-state index contributed by atoms with van der Waals surface area (Å²) in [5.74, 6) is -4.25. The van der Waals surface area contributed by atoms with Crippen molar-refractivity contribution in [2.75, 3.05) is 12.3 Å². The molecule has 1 aromatic heterocycles. The van der Waals surface area contributed by atoms with E-state index in [-0.39, 0.29) is 5.82 Å². The van der Waals surface area contributed by atoms with Crippen LogP contribution < -0.4 is 11.4 Å². The van der Waals surface area contributed by atoms with Gasteiger partial charge in [-0.1, -0.05) is 0 Å². The zero-order valence-electron chi connectivity index (χ0n) is 13.3. The van der Waals surface area contributed by atoms with E-state index in [1.54, 1.807) is 0 Å². The van der Waals surface area contributed by atoms with Gasteiger partial charge in [0.15, 0.2) is 6.10 Å². The van der Waals surface area contributed by atoms with Crippen molar-refractivity contribution in [2.24, 2.45) is 0 Å². The lowest BCUT2D eigenvalue weighted by Gasteiger charge is -2.20. The molecule has 0 radical (unpaired) electrons. The Bertz CT molecular complexity index is 882. The van der Waals surface area contributed by atoms with E-state index in [2.05, 4.69) is 18.1 Å². The predicted octanol–water partition coefficient (Wildman–Crippen LogP) is 0.176. The number of hydrogen-bond acceptors (Lipinski definition) is 11. The number of aromatic nitrogens is 2. The normalized spacial score (nSPS) is 27.2. The van der Waals surface area contributed by atoms with Crippen molar-refractivity contribution in [1.82, 2.24) is 9.55 Å². The van der Waals surface area contributed by atoms with E-state index in [4.69, 9.17) is 20.3 Å². The van der Waals surface area contributed by atoms with Gasteiger partial charge in [-0.15, -0.1) is 9.42 Å². The Labute approximate surface area is 155 Å². The summed E-state index contributed by atoms with van der Waals surface area (Å²) in [6, 6.07) is 1.03. The lowest BCUT2D eigenvalue weighted by atomic mass is 10.1. The molecule has 1 aromatic rings. The molecule has 5 N–H and O–H groups in total. The average Bonchev–Trinajstić information content (AvgIpc) is 2.74. The molecular weight excluding hydrogens is 457 g/mol. The molecule has 28 heavy (non-hydrogen) atoms. The van der Waals surface area contributed by atoms with Crippen LogP contribution in [0.4, 0.5) is 14.6 Å². The number of nitrogens with two attached hydrogens (primary N) is 1. The molecule has 0 spiro atoms. The second kappa shape index (κ2) is 8.59. The molecule has 0 saturated carbocycles. The number of phosphoric acid groups is 1. The highest BCUT2D eigenvalue weighted by Gasteiger charge is 2.60. The third-order valence-corrected chi connectivity index (χ3v) is 6.27. The molecule has 19 heteroatoms. The molecule has 1 saturated heterocycles. The molecular formula is C9H12F2N3O11P3+2. The minimum Gasteiger partial charge on any atom is -0.384 e. The van der Waals surface area contributed by atoms with Crippen LogP contribution in [0.5, 0.6) is 0 Å². The molecule has 1 aliphatic rings. The number of halogens is 2. The molecule has 1 aliphatic heterocycles. The van der Waals surface area contributed by atoms with Gasteiger partial charge < -0.3 is 15.6 Å². The first-order chi connectivity index (χ1) is 12.8. The first kappa shape index (κ1) is 23.0. The standard InChI is InChI=1S/C9H10F2N3O11P3/c10-9(11)6(15)4(3-22-27(19)25-28(20,21)24-26(17)18)23-7(9)14-2-1-5(12)13-8(14)16/h1-2,4,6-7,15H,3H2,(H2-2,12,13,16,17,18,20,21)/p+2/t4-,6-,7-/m1/s1. The zero-order chi connectivity index (χ0) is 21.3. The van der Waals surface area contributed by atoms with Crippen molar-refractivity contribution in [3.8, 4) is 0 Å². The van der Waals surface area contributed by atoms with Crippen LogP contribution in [0.3, 0.4) is 0 Å². The molecule has 6 atom stereocenters. The Morgan fingerprint density at radius 2 is 2.07 bits per heavy atom. The van der Waals surface area contributed by atoms with Crippen LogP contribution in [0.15, 0.2) is 17.1 Å². The van der Waals surface area contributed by atoms with Gasteiger partial charge in [0.1, 0.15) is 18.5 Å². The van der Waals surface area contributed by atoms with E-state index in [0.29, 0.717) is 4.57 Å². The lowest BCUT2D eigenvalue weighted by Crippen LogP contribution is -2.41. The van der Waals surface area contributed by atoms with Crippen LogP contribution in [-0.4, -0.2) is 49.2 Å². The zero-order valence-corrected chi connectivity index (χ0v) is 16.0. The van der Waals surface area contributed by atoms with Crippen LogP contribution in [0.1, 0.15) is 6.23 Å². The summed E-state index contributed by atoms with van der Waals surface area (Å²) < 4.78 is 78.4. The highest BCUT2D eigenvalue weighted by Crippen LogP contribution is 2.57. The Morgan fingerprint density at radius 3 is 2.64 bits per heavy atom. The Balaban J connectivity index is 2.05. The maximum Gasteiger partial charge on any atom is 0.708 e. The van der Waals surface area contributed by atoms with Crippen LogP contribution in [-0.2, 0) is 31.6 Å². The number of rotatable bonds is 8. The Morgan fingerprint density at radius 1 is 1.43 bits per heavy atom. The van der Waals surface area contributed by atoms with Crippen molar-refractivity contribution in [3.05, 3.63) is 22.7 Å². The second-order valence-corrected chi connectivity index (χ2v) is 8.50. The van der Waals surface area contributed by atoms with Crippen molar-refractivity contribution in [3.63, 3.8) is 0 Å². The Kier molecular flexibility index (Phi) is 7.05. The number of aliphatic hydroxyl groups excluding tert-OH is 1. The van der Waals surface area contributed by atoms with Gasteiger partial charge in [-0.05, 0) is 6.07 Å². The summed E-state index contributed by atoms with van der Waals surface area (Å²) >= 11 is 0. The first-order valence-electron chi connectivity index (χ1n) is 6.88. The molecule has 2 rings (SSSR count). The number of aliphatic hydroxyl groups is 1. The molecule has 0 bridgehead atoms. The van der Waals surface area contributed by atoms with Crippen molar-refractivity contribution in [2.45, 2.75) is 24.4 Å². The minimum absolute atomic E-state index is 0.239. The van der Waals surface area contributed by atoms with Gasteiger partial charge in [-0.25, -0.2) is 9.36 Å². The number of alkyl halides is 2. The maximum atomic E-state index is 14.2. The second-order valence-electron chi connectivity index (χ2n) is 5.08. The fraction of sp³-hybridized carbons (Fsp3) is 0.556. The monoisotopic (exact) mass is 469 g/mol. The minimum atomic E-state index is -5.24. The topological polar surface area (TPSA) is 210 Å². The van der Waals surface area contributed by atoms with E-state index in [9.17, 15) is 32.4 Å². The van der Waals surface area contributed by atoms with Gasteiger partial charge >= 0.3 is 35.9 Å². The van der Waals surface area contributed by atoms with Gasteiger partial charge in [-0.2, -0.15) is 13.8 Å². The van der Waals surface area contributed by atoms with Crippen molar-refractivity contribution < 1.29 is 55.3 Å². The van der Waals surface area contributed by atoms with Gasteiger partial charge in [-0.3, -0.25) is 9.46 Å². The van der Waals surface area contributed by atoms with Crippen LogP contribution in [0.25, 0.3) is 0 Å². The third-order valence-electron chi connectivity index (χ3n) is 3.17. The quantitative estimate of drug-likeness (QED) is 0.375. The summed E-state index contributed by atoms with van der Waals surface area (Å²) in [5, 5.41) is 9.71. The summed E-state index contributed by atoms with van der Waals surface area (Å²) in [7, 11) is -12.3. The number of hydrogen-bond donors (Lipinski definition) is 4.